The molecule has 27 heavy (non-hydrogen) atoms. The number of fused-ring (bicyclic) bond motifs is 1. The maximum Gasteiger partial charge on any atom is 0.287 e. The minimum absolute atomic E-state index is 0.0575. The summed E-state index contributed by atoms with van der Waals surface area (Å²) in [5.41, 5.74) is 2.12. The Balaban J connectivity index is 1.61. The van der Waals surface area contributed by atoms with Gasteiger partial charge in [-0.2, -0.15) is 0 Å². The van der Waals surface area contributed by atoms with Gasteiger partial charge in [0.15, 0.2) is 11.3 Å². The number of hydrogen-bond donors (Lipinski definition) is 2. The minimum Gasteiger partial charge on any atom is -0.449 e. The Kier molecular flexibility index (Phi) is 5.55. The zero-order valence-electron chi connectivity index (χ0n) is 14.9. The van der Waals surface area contributed by atoms with Crippen molar-refractivity contribution < 1.29 is 17.6 Å². The highest BCUT2D eigenvalue weighted by atomic mass is 35.5. The summed E-state index contributed by atoms with van der Waals surface area (Å²) in [6.07, 6.45) is 0. The fourth-order valence-electron chi connectivity index (χ4n) is 2.67. The molecule has 0 aliphatic heterocycles. The number of furan rings is 1. The summed E-state index contributed by atoms with van der Waals surface area (Å²) >= 11 is 6.09. The summed E-state index contributed by atoms with van der Waals surface area (Å²) in [5.74, 6) is -0.256. The van der Waals surface area contributed by atoms with Crippen molar-refractivity contribution in [2.24, 2.45) is 0 Å². The lowest BCUT2D eigenvalue weighted by atomic mass is 10.1. The van der Waals surface area contributed by atoms with Crippen molar-refractivity contribution in [3.8, 4) is 0 Å². The Morgan fingerprint density at radius 1 is 1.07 bits per heavy atom. The van der Waals surface area contributed by atoms with E-state index >= 15 is 0 Å². The summed E-state index contributed by atoms with van der Waals surface area (Å²) in [6.45, 7) is 3.83. The van der Waals surface area contributed by atoms with E-state index < -0.39 is 15.9 Å². The Bertz CT molecular complexity index is 1090. The molecule has 0 radical (unpaired) electrons. The lowest BCUT2D eigenvalue weighted by Gasteiger charge is -2.08. The van der Waals surface area contributed by atoms with Crippen LogP contribution in [0.4, 0.5) is 0 Å². The predicted octanol–water partition coefficient (Wildman–Crippen LogP) is 3.41. The van der Waals surface area contributed by atoms with Crippen LogP contribution in [0.5, 0.6) is 0 Å². The van der Waals surface area contributed by atoms with Crippen LogP contribution < -0.4 is 10.0 Å². The Labute approximate surface area is 162 Å². The van der Waals surface area contributed by atoms with E-state index in [1.54, 1.807) is 31.2 Å². The SMILES string of the molecule is Cc1ccc(S(=O)(=O)NCCNC(=O)c2oc3c(Cl)cccc3c2C)cc1. The van der Waals surface area contributed by atoms with E-state index in [1.807, 2.05) is 13.0 Å². The molecule has 3 aromatic rings. The highest BCUT2D eigenvalue weighted by Crippen LogP contribution is 2.30. The number of carbonyl (C=O) groups is 1. The second kappa shape index (κ2) is 7.72. The first-order valence-electron chi connectivity index (χ1n) is 8.32. The van der Waals surface area contributed by atoms with E-state index in [1.165, 1.54) is 12.1 Å². The van der Waals surface area contributed by atoms with Crippen molar-refractivity contribution in [1.29, 1.82) is 0 Å². The Morgan fingerprint density at radius 2 is 1.78 bits per heavy atom. The molecule has 0 aliphatic carbocycles. The fourth-order valence-corrected chi connectivity index (χ4v) is 3.91. The molecule has 0 bridgehead atoms. The first-order valence-corrected chi connectivity index (χ1v) is 10.2. The number of carbonyl (C=O) groups excluding carboxylic acids is 1. The van der Waals surface area contributed by atoms with Crippen molar-refractivity contribution in [2.75, 3.05) is 13.1 Å². The van der Waals surface area contributed by atoms with Crippen molar-refractivity contribution in [1.82, 2.24) is 10.0 Å². The predicted molar refractivity (Wildman–Crippen MR) is 105 cm³/mol. The third-order valence-electron chi connectivity index (χ3n) is 4.16. The van der Waals surface area contributed by atoms with Crippen LogP contribution in [0, 0.1) is 13.8 Å². The molecule has 0 aliphatic rings. The first-order chi connectivity index (χ1) is 12.8. The van der Waals surface area contributed by atoms with E-state index in [0.717, 1.165) is 10.9 Å². The monoisotopic (exact) mass is 406 g/mol. The Morgan fingerprint density at radius 3 is 2.44 bits per heavy atom. The standard InChI is InChI=1S/C19H19ClN2O4S/c1-12-6-8-14(9-7-12)27(24,25)22-11-10-21-19(23)17-13(2)15-4-3-5-16(20)18(15)26-17/h3-9,22H,10-11H2,1-2H3,(H,21,23). The number of hydrogen-bond acceptors (Lipinski definition) is 4. The summed E-state index contributed by atoms with van der Waals surface area (Å²) in [7, 11) is -3.62. The smallest absolute Gasteiger partial charge is 0.287 e. The van der Waals surface area contributed by atoms with Gasteiger partial charge in [-0.05, 0) is 32.0 Å². The third-order valence-corrected chi connectivity index (χ3v) is 5.93. The largest absolute Gasteiger partial charge is 0.449 e. The molecule has 1 aromatic heterocycles. The van der Waals surface area contributed by atoms with Crippen LogP contribution in [-0.4, -0.2) is 27.4 Å². The summed E-state index contributed by atoms with van der Waals surface area (Å²) in [4.78, 5) is 12.5. The topological polar surface area (TPSA) is 88.4 Å². The summed E-state index contributed by atoms with van der Waals surface area (Å²) < 4.78 is 32.5. The maximum atomic E-state index is 12.4. The Hall–Kier alpha value is -2.35. The van der Waals surface area contributed by atoms with Gasteiger partial charge in [0.1, 0.15) is 0 Å². The molecule has 0 spiro atoms. The van der Waals surface area contributed by atoms with Gasteiger partial charge >= 0.3 is 0 Å². The van der Waals surface area contributed by atoms with Crippen LogP contribution in [0.2, 0.25) is 5.02 Å². The molecule has 0 fully saturated rings. The molecule has 8 heteroatoms. The van der Waals surface area contributed by atoms with Gasteiger partial charge in [-0.3, -0.25) is 4.79 Å². The molecule has 0 saturated heterocycles. The number of aryl methyl sites for hydroxylation is 2. The number of sulfonamides is 1. The van der Waals surface area contributed by atoms with Crippen molar-refractivity contribution in [3.05, 3.63) is 64.4 Å². The lowest BCUT2D eigenvalue weighted by molar-refractivity contribution is 0.0928. The second-order valence-corrected chi connectivity index (χ2v) is 8.31. The minimum atomic E-state index is -3.62. The molecule has 3 rings (SSSR count). The fraction of sp³-hybridized carbons (Fsp3) is 0.211. The maximum absolute atomic E-state index is 12.4. The van der Waals surface area contributed by atoms with Crippen LogP contribution in [-0.2, 0) is 10.0 Å². The van der Waals surface area contributed by atoms with Crippen LogP contribution in [0.3, 0.4) is 0 Å². The molecule has 6 nitrogen and oxygen atoms in total. The average molecular weight is 407 g/mol. The quantitative estimate of drug-likeness (QED) is 0.614. The van der Waals surface area contributed by atoms with E-state index in [4.69, 9.17) is 16.0 Å². The van der Waals surface area contributed by atoms with E-state index in [0.29, 0.717) is 16.2 Å². The highest BCUT2D eigenvalue weighted by Gasteiger charge is 2.19. The molecule has 142 valence electrons. The number of rotatable bonds is 6. The molecule has 1 heterocycles. The van der Waals surface area contributed by atoms with Gasteiger partial charge in [0.25, 0.3) is 5.91 Å². The van der Waals surface area contributed by atoms with E-state index in [2.05, 4.69) is 10.0 Å². The van der Waals surface area contributed by atoms with Crippen LogP contribution in [0.15, 0.2) is 51.8 Å². The molecule has 0 unspecified atom stereocenters. The molecular formula is C19H19ClN2O4S. The van der Waals surface area contributed by atoms with Crippen LogP contribution in [0.25, 0.3) is 11.0 Å². The second-order valence-electron chi connectivity index (χ2n) is 6.14. The zero-order chi connectivity index (χ0) is 19.6. The molecule has 0 atom stereocenters. The number of para-hydroxylation sites is 1. The summed E-state index contributed by atoms with van der Waals surface area (Å²) in [5, 5.41) is 3.85. The number of halogens is 1. The zero-order valence-corrected chi connectivity index (χ0v) is 16.4. The van der Waals surface area contributed by atoms with E-state index in [9.17, 15) is 13.2 Å². The van der Waals surface area contributed by atoms with E-state index in [-0.39, 0.29) is 23.7 Å². The van der Waals surface area contributed by atoms with Gasteiger partial charge in [0.2, 0.25) is 10.0 Å². The average Bonchev–Trinajstić information content (AvgIpc) is 2.97. The van der Waals surface area contributed by atoms with Crippen molar-refractivity contribution >= 4 is 38.5 Å². The molecule has 2 aromatic carbocycles. The normalized spacial score (nSPS) is 11.7. The molecule has 2 N–H and O–H groups in total. The van der Waals surface area contributed by atoms with Crippen LogP contribution in [0.1, 0.15) is 21.7 Å². The van der Waals surface area contributed by atoms with Gasteiger partial charge < -0.3 is 9.73 Å². The molecule has 0 saturated carbocycles. The molecule has 1 amide bonds. The molecular weight excluding hydrogens is 388 g/mol. The summed E-state index contributed by atoms with van der Waals surface area (Å²) in [6, 6.07) is 11.8. The van der Waals surface area contributed by atoms with Gasteiger partial charge in [0.05, 0.1) is 9.92 Å². The van der Waals surface area contributed by atoms with Gasteiger partial charge in [-0.15, -0.1) is 0 Å². The van der Waals surface area contributed by atoms with Gasteiger partial charge in [-0.1, -0.05) is 41.4 Å². The van der Waals surface area contributed by atoms with Crippen LogP contribution >= 0.6 is 11.6 Å². The first kappa shape index (κ1) is 19.4. The lowest BCUT2D eigenvalue weighted by Crippen LogP contribution is -2.34. The number of benzene rings is 2. The van der Waals surface area contributed by atoms with Crippen molar-refractivity contribution in [3.63, 3.8) is 0 Å². The number of nitrogens with one attached hydrogen (secondary N) is 2. The highest BCUT2D eigenvalue weighted by molar-refractivity contribution is 7.89. The van der Waals surface area contributed by atoms with Gasteiger partial charge in [-0.25, -0.2) is 13.1 Å². The third kappa shape index (κ3) is 4.16. The van der Waals surface area contributed by atoms with Gasteiger partial charge in [0, 0.05) is 24.0 Å². The van der Waals surface area contributed by atoms with Crippen molar-refractivity contribution in [2.45, 2.75) is 18.7 Å². The number of amides is 1.